The van der Waals surface area contributed by atoms with Gasteiger partial charge in [0.1, 0.15) is 5.82 Å². The fraction of sp³-hybridized carbons (Fsp3) is 0.562. The molecule has 1 aliphatic rings. The van der Waals surface area contributed by atoms with Gasteiger partial charge in [0, 0.05) is 26.7 Å². The van der Waals surface area contributed by atoms with Gasteiger partial charge in [-0.1, -0.05) is 6.07 Å². The van der Waals surface area contributed by atoms with Crippen LogP contribution in [0.25, 0.3) is 0 Å². The van der Waals surface area contributed by atoms with E-state index < -0.39 is 0 Å². The van der Waals surface area contributed by atoms with Crippen molar-refractivity contribution in [3.05, 3.63) is 29.6 Å². The second-order valence-corrected chi connectivity index (χ2v) is 5.80. The van der Waals surface area contributed by atoms with Crippen molar-refractivity contribution in [2.24, 2.45) is 5.92 Å². The number of para-hydroxylation sites is 1. The van der Waals surface area contributed by atoms with Crippen molar-refractivity contribution in [1.82, 2.24) is 9.80 Å². The number of rotatable bonds is 5. The molecule has 1 unspecified atom stereocenters. The molecule has 1 aromatic rings. The molecule has 0 radical (unpaired) electrons. The predicted molar refractivity (Wildman–Crippen MR) is 83.1 cm³/mol. The van der Waals surface area contributed by atoms with E-state index in [9.17, 15) is 9.18 Å². The highest BCUT2D eigenvalue weighted by atomic mass is 19.1. The quantitative estimate of drug-likeness (QED) is 0.904. The summed E-state index contributed by atoms with van der Waals surface area (Å²) in [6, 6.07) is 4.64. The molecule has 1 saturated heterocycles. The Morgan fingerprint density at radius 1 is 1.52 bits per heavy atom. The van der Waals surface area contributed by atoms with E-state index in [1.807, 2.05) is 6.92 Å². The molecule has 21 heavy (non-hydrogen) atoms. The number of carbonyl (C=O) groups excluding carboxylic acids is 1. The first-order valence-corrected chi connectivity index (χ1v) is 7.49. The molecule has 0 aliphatic carbocycles. The lowest BCUT2D eigenvalue weighted by Gasteiger charge is -2.22. The van der Waals surface area contributed by atoms with E-state index in [2.05, 4.69) is 17.3 Å². The number of halogens is 1. The number of hydrogen-bond acceptors (Lipinski definition) is 3. The monoisotopic (exact) mass is 293 g/mol. The summed E-state index contributed by atoms with van der Waals surface area (Å²) in [5, 5.41) is 2.95. The zero-order valence-electron chi connectivity index (χ0n) is 13.0. The Balaban J connectivity index is 2.10. The average molecular weight is 293 g/mol. The van der Waals surface area contributed by atoms with E-state index in [0.29, 0.717) is 30.3 Å². The molecule has 0 aromatic heterocycles. The van der Waals surface area contributed by atoms with Crippen LogP contribution in [0.4, 0.5) is 10.1 Å². The Hall–Kier alpha value is -1.62. The summed E-state index contributed by atoms with van der Waals surface area (Å²) in [7, 11) is 3.89. The number of hydrogen-bond donors (Lipinski definition) is 1. The molecule has 5 heteroatoms. The van der Waals surface area contributed by atoms with Crippen molar-refractivity contribution in [1.29, 1.82) is 0 Å². The van der Waals surface area contributed by atoms with Gasteiger partial charge in [-0.15, -0.1) is 0 Å². The van der Waals surface area contributed by atoms with Crippen molar-refractivity contribution >= 4 is 11.6 Å². The van der Waals surface area contributed by atoms with Gasteiger partial charge in [0.15, 0.2) is 0 Å². The Labute approximate surface area is 125 Å². The maximum Gasteiger partial charge on any atom is 0.255 e. The van der Waals surface area contributed by atoms with Crippen LogP contribution in [0.15, 0.2) is 18.2 Å². The SMILES string of the molecule is CCNc1c(F)cccc1C(=O)N(C)CC1CCN(C)C1. The highest BCUT2D eigenvalue weighted by molar-refractivity contribution is 5.99. The molecule has 0 saturated carbocycles. The Bertz CT molecular complexity index is 506. The van der Waals surface area contributed by atoms with Crippen LogP contribution in [0.1, 0.15) is 23.7 Å². The molecule has 116 valence electrons. The van der Waals surface area contributed by atoms with E-state index in [-0.39, 0.29) is 11.7 Å². The Kier molecular flexibility index (Phi) is 5.17. The lowest BCUT2D eigenvalue weighted by Crippen LogP contribution is -2.33. The highest BCUT2D eigenvalue weighted by Gasteiger charge is 2.24. The van der Waals surface area contributed by atoms with Crippen molar-refractivity contribution in [3.8, 4) is 0 Å². The Morgan fingerprint density at radius 2 is 2.29 bits per heavy atom. The molecule has 0 bridgehead atoms. The average Bonchev–Trinajstić information content (AvgIpc) is 2.85. The smallest absolute Gasteiger partial charge is 0.255 e. The van der Waals surface area contributed by atoms with E-state index in [4.69, 9.17) is 0 Å². The van der Waals surface area contributed by atoms with Crippen LogP contribution in [0, 0.1) is 11.7 Å². The molecule has 2 rings (SSSR count). The predicted octanol–water partition coefficient (Wildman–Crippen LogP) is 2.28. The minimum absolute atomic E-state index is 0.125. The first kappa shape index (κ1) is 15.8. The second-order valence-electron chi connectivity index (χ2n) is 5.80. The lowest BCUT2D eigenvalue weighted by molar-refractivity contribution is 0.0774. The van der Waals surface area contributed by atoms with E-state index in [0.717, 1.165) is 19.5 Å². The van der Waals surface area contributed by atoms with Crippen LogP contribution in [0.3, 0.4) is 0 Å². The zero-order valence-corrected chi connectivity index (χ0v) is 13.0. The number of anilines is 1. The van der Waals surface area contributed by atoms with Crippen LogP contribution in [-0.2, 0) is 0 Å². The summed E-state index contributed by atoms with van der Waals surface area (Å²) in [4.78, 5) is 16.5. The molecule has 1 fully saturated rings. The lowest BCUT2D eigenvalue weighted by atomic mass is 10.1. The maximum absolute atomic E-state index is 13.9. The highest BCUT2D eigenvalue weighted by Crippen LogP contribution is 2.22. The maximum atomic E-state index is 13.9. The van der Waals surface area contributed by atoms with E-state index in [1.165, 1.54) is 6.07 Å². The summed E-state index contributed by atoms with van der Waals surface area (Å²) in [6.07, 6.45) is 1.11. The van der Waals surface area contributed by atoms with Crippen LogP contribution in [-0.4, -0.2) is 56.0 Å². The molecule has 1 amide bonds. The van der Waals surface area contributed by atoms with Crippen molar-refractivity contribution in [3.63, 3.8) is 0 Å². The van der Waals surface area contributed by atoms with Gasteiger partial charge in [0.25, 0.3) is 5.91 Å². The van der Waals surface area contributed by atoms with Gasteiger partial charge >= 0.3 is 0 Å². The van der Waals surface area contributed by atoms with Crippen molar-refractivity contribution < 1.29 is 9.18 Å². The third-order valence-electron chi connectivity index (χ3n) is 3.97. The fourth-order valence-electron chi connectivity index (χ4n) is 2.91. The number of carbonyl (C=O) groups is 1. The number of nitrogens with zero attached hydrogens (tertiary/aromatic N) is 2. The Morgan fingerprint density at radius 3 is 2.90 bits per heavy atom. The van der Waals surface area contributed by atoms with Gasteiger partial charge in [0.05, 0.1) is 11.3 Å². The normalized spacial score (nSPS) is 18.8. The van der Waals surface area contributed by atoms with E-state index in [1.54, 1.807) is 24.1 Å². The first-order chi connectivity index (χ1) is 10.0. The van der Waals surface area contributed by atoms with Crippen LogP contribution < -0.4 is 5.32 Å². The molecule has 0 spiro atoms. The third kappa shape index (κ3) is 3.73. The molecule has 1 atom stereocenters. The minimum Gasteiger partial charge on any atom is -0.382 e. The van der Waals surface area contributed by atoms with Crippen molar-refractivity contribution in [2.75, 3.05) is 45.6 Å². The van der Waals surface area contributed by atoms with Gasteiger partial charge in [-0.05, 0) is 45.0 Å². The topological polar surface area (TPSA) is 35.6 Å². The molecule has 1 aromatic carbocycles. The van der Waals surface area contributed by atoms with Crippen LogP contribution >= 0.6 is 0 Å². The van der Waals surface area contributed by atoms with Gasteiger partial charge in [-0.25, -0.2) is 4.39 Å². The summed E-state index contributed by atoms with van der Waals surface area (Å²) >= 11 is 0. The molecule has 1 aliphatic heterocycles. The fourth-order valence-corrected chi connectivity index (χ4v) is 2.91. The zero-order chi connectivity index (χ0) is 15.4. The number of amides is 1. The number of likely N-dealkylation sites (tertiary alicyclic amines) is 1. The van der Waals surface area contributed by atoms with E-state index >= 15 is 0 Å². The number of nitrogens with one attached hydrogen (secondary N) is 1. The van der Waals surface area contributed by atoms with Gasteiger partial charge in [-0.3, -0.25) is 4.79 Å². The van der Waals surface area contributed by atoms with Gasteiger partial charge in [-0.2, -0.15) is 0 Å². The summed E-state index contributed by atoms with van der Waals surface area (Å²) < 4.78 is 13.9. The number of benzene rings is 1. The van der Waals surface area contributed by atoms with Crippen molar-refractivity contribution in [2.45, 2.75) is 13.3 Å². The largest absolute Gasteiger partial charge is 0.382 e. The minimum atomic E-state index is -0.378. The van der Waals surface area contributed by atoms with Gasteiger partial charge < -0.3 is 15.1 Å². The van der Waals surface area contributed by atoms with Crippen LogP contribution in [0.2, 0.25) is 0 Å². The summed E-state index contributed by atoms with van der Waals surface area (Å²) in [5.74, 6) is -0.00297. The van der Waals surface area contributed by atoms with Gasteiger partial charge in [0.2, 0.25) is 0 Å². The second kappa shape index (κ2) is 6.89. The van der Waals surface area contributed by atoms with Crippen LogP contribution in [0.5, 0.6) is 0 Å². The molecular formula is C16H24FN3O. The molecule has 4 nitrogen and oxygen atoms in total. The summed E-state index contributed by atoms with van der Waals surface area (Å²) in [5.41, 5.74) is 0.714. The molecule has 1 heterocycles. The molecular weight excluding hydrogens is 269 g/mol. The molecule has 1 N–H and O–H groups in total. The first-order valence-electron chi connectivity index (χ1n) is 7.49. The standard InChI is InChI=1S/C16H24FN3O/c1-4-18-15-13(6-5-7-14(15)17)16(21)20(3)11-12-8-9-19(2)10-12/h5-7,12,18H,4,8-11H2,1-3H3. The third-order valence-corrected chi connectivity index (χ3v) is 3.97. The summed E-state index contributed by atoms with van der Waals surface area (Å²) in [6.45, 7) is 5.28.